The molecule has 0 aromatic heterocycles. The molecule has 0 bridgehead atoms. The third kappa shape index (κ3) is 3.29. The fraction of sp³-hybridized carbons (Fsp3) is 0.308. The number of carbonyl (C=O) groups excluding carboxylic acids is 1. The quantitative estimate of drug-likeness (QED) is 0.885. The molecule has 0 heterocycles. The number of carbonyl (C=O) groups is 1. The van der Waals surface area contributed by atoms with Gasteiger partial charge >= 0.3 is 0 Å². The van der Waals surface area contributed by atoms with Crippen LogP contribution in [0.1, 0.15) is 25.3 Å². The second-order valence-electron chi connectivity index (χ2n) is 3.76. The van der Waals surface area contributed by atoms with Crippen LogP contribution in [0.15, 0.2) is 18.2 Å². The summed E-state index contributed by atoms with van der Waals surface area (Å²) in [6.07, 6.45) is 1.16. The van der Waals surface area contributed by atoms with Gasteiger partial charge in [0.25, 0.3) is 0 Å². The van der Waals surface area contributed by atoms with Crippen LogP contribution in [-0.4, -0.2) is 5.91 Å². The predicted octanol–water partition coefficient (Wildman–Crippen LogP) is 2.58. The maximum absolute atomic E-state index is 12.9. The normalized spacial score (nSPS) is 11.1. The van der Waals surface area contributed by atoms with Crippen molar-refractivity contribution in [2.45, 2.75) is 19.8 Å². The second kappa shape index (κ2) is 6.36. The average molecular weight is 245 g/mol. The Labute approximate surface area is 105 Å². The van der Waals surface area contributed by atoms with E-state index in [1.54, 1.807) is 6.07 Å². The van der Waals surface area contributed by atoms with E-state index in [-0.39, 0.29) is 11.3 Å². The van der Waals surface area contributed by atoms with Crippen LogP contribution in [-0.2, 0) is 4.79 Å². The zero-order valence-electron chi connectivity index (χ0n) is 9.90. The maximum Gasteiger partial charge on any atom is 0.241 e. The lowest BCUT2D eigenvalue weighted by Gasteiger charge is -2.10. The number of benzene rings is 1. The summed E-state index contributed by atoms with van der Waals surface area (Å²) in [5.74, 6) is -1.77. The smallest absolute Gasteiger partial charge is 0.241 e. The Balaban J connectivity index is 2.89. The van der Waals surface area contributed by atoms with Gasteiger partial charge in [0.15, 0.2) is 0 Å². The number of nitriles is 2. The summed E-state index contributed by atoms with van der Waals surface area (Å²) in [6.45, 7) is 1.87. The Morgan fingerprint density at radius 3 is 2.78 bits per heavy atom. The third-order valence-corrected chi connectivity index (χ3v) is 2.41. The molecule has 1 unspecified atom stereocenters. The van der Waals surface area contributed by atoms with Crippen LogP contribution in [0.3, 0.4) is 0 Å². The summed E-state index contributed by atoms with van der Waals surface area (Å²) >= 11 is 0. The van der Waals surface area contributed by atoms with Gasteiger partial charge in [-0.3, -0.25) is 4.79 Å². The van der Waals surface area contributed by atoms with Crippen molar-refractivity contribution in [2.24, 2.45) is 5.92 Å². The molecule has 1 rings (SSSR count). The molecule has 4 nitrogen and oxygen atoms in total. The Hall–Kier alpha value is -2.40. The monoisotopic (exact) mass is 245 g/mol. The van der Waals surface area contributed by atoms with Crippen molar-refractivity contribution in [3.05, 3.63) is 29.6 Å². The molecule has 0 saturated carbocycles. The van der Waals surface area contributed by atoms with E-state index in [1.165, 1.54) is 6.07 Å². The van der Waals surface area contributed by atoms with Gasteiger partial charge in [0.1, 0.15) is 17.8 Å². The van der Waals surface area contributed by atoms with Crippen LogP contribution in [0.4, 0.5) is 10.1 Å². The lowest BCUT2D eigenvalue weighted by molar-refractivity contribution is -0.118. The summed E-state index contributed by atoms with van der Waals surface area (Å²) in [4.78, 5) is 11.7. The van der Waals surface area contributed by atoms with E-state index in [0.717, 1.165) is 12.1 Å². The molecular weight excluding hydrogens is 233 g/mol. The van der Waals surface area contributed by atoms with E-state index >= 15 is 0 Å². The minimum absolute atomic E-state index is 0.0385. The van der Waals surface area contributed by atoms with Crippen LogP contribution < -0.4 is 5.32 Å². The Morgan fingerprint density at radius 2 is 2.22 bits per heavy atom. The zero-order chi connectivity index (χ0) is 13.5. The molecule has 0 aliphatic heterocycles. The van der Waals surface area contributed by atoms with Crippen LogP contribution in [0, 0.1) is 34.4 Å². The van der Waals surface area contributed by atoms with Crippen molar-refractivity contribution in [3.63, 3.8) is 0 Å². The fourth-order valence-corrected chi connectivity index (χ4v) is 1.48. The highest BCUT2D eigenvalue weighted by molar-refractivity contribution is 5.95. The van der Waals surface area contributed by atoms with E-state index in [9.17, 15) is 9.18 Å². The number of nitrogens with zero attached hydrogens (tertiary/aromatic N) is 2. The third-order valence-electron chi connectivity index (χ3n) is 2.41. The summed E-state index contributed by atoms with van der Waals surface area (Å²) < 4.78 is 12.9. The van der Waals surface area contributed by atoms with Crippen molar-refractivity contribution >= 4 is 11.6 Å². The predicted molar refractivity (Wildman–Crippen MR) is 63.8 cm³/mol. The molecule has 5 heteroatoms. The Kier molecular flexibility index (Phi) is 4.83. The highest BCUT2D eigenvalue weighted by atomic mass is 19.1. The van der Waals surface area contributed by atoms with E-state index in [0.29, 0.717) is 12.8 Å². The Bertz CT molecular complexity index is 528. The number of hydrogen-bond acceptors (Lipinski definition) is 3. The molecule has 1 atom stereocenters. The second-order valence-corrected chi connectivity index (χ2v) is 3.76. The average Bonchev–Trinajstić information content (AvgIpc) is 2.37. The SMILES string of the molecule is CCCC(C#N)C(=O)Nc1ccc(F)cc1C#N. The first-order valence-electron chi connectivity index (χ1n) is 5.52. The molecule has 1 aromatic carbocycles. The first-order valence-corrected chi connectivity index (χ1v) is 5.52. The van der Waals surface area contributed by atoms with Gasteiger partial charge in [0.05, 0.1) is 17.3 Å². The number of anilines is 1. The number of rotatable bonds is 4. The van der Waals surface area contributed by atoms with Gasteiger partial charge in [-0.1, -0.05) is 13.3 Å². The molecule has 1 N–H and O–H groups in total. The molecule has 1 aromatic rings. The summed E-state index contributed by atoms with van der Waals surface area (Å²) in [5.41, 5.74) is 0.261. The number of amides is 1. The molecule has 0 spiro atoms. The number of hydrogen-bond donors (Lipinski definition) is 1. The van der Waals surface area contributed by atoms with Crippen molar-refractivity contribution in [1.29, 1.82) is 10.5 Å². The van der Waals surface area contributed by atoms with Gasteiger partial charge in [-0.2, -0.15) is 10.5 Å². The summed E-state index contributed by atoms with van der Waals surface area (Å²) in [5, 5.41) is 20.1. The van der Waals surface area contributed by atoms with Crippen LogP contribution >= 0.6 is 0 Å². The number of nitrogens with one attached hydrogen (secondary N) is 1. The Morgan fingerprint density at radius 1 is 1.50 bits per heavy atom. The van der Waals surface area contributed by atoms with E-state index in [4.69, 9.17) is 10.5 Å². The molecular formula is C13H12FN3O. The molecule has 0 aliphatic carbocycles. The van der Waals surface area contributed by atoms with E-state index < -0.39 is 17.6 Å². The fourth-order valence-electron chi connectivity index (χ4n) is 1.48. The molecule has 1 amide bonds. The van der Waals surface area contributed by atoms with Crippen molar-refractivity contribution in [1.82, 2.24) is 0 Å². The lowest BCUT2D eigenvalue weighted by atomic mass is 10.0. The van der Waals surface area contributed by atoms with Crippen LogP contribution in [0.2, 0.25) is 0 Å². The molecule has 0 fully saturated rings. The molecule has 0 aliphatic rings. The first-order chi connectivity index (χ1) is 8.62. The van der Waals surface area contributed by atoms with Gasteiger partial charge in [0, 0.05) is 0 Å². The topological polar surface area (TPSA) is 76.7 Å². The molecule has 0 saturated heterocycles. The van der Waals surface area contributed by atoms with Crippen LogP contribution in [0.5, 0.6) is 0 Å². The molecule has 0 radical (unpaired) electrons. The van der Waals surface area contributed by atoms with Gasteiger partial charge in [-0.05, 0) is 24.6 Å². The molecule has 18 heavy (non-hydrogen) atoms. The minimum Gasteiger partial charge on any atom is -0.324 e. The van der Waals surface area contributed by atoms with E-state index in [1.807, 2.05) is 13.0 Å². The standard InChI is InChI=1S/C13H12FN3O/c1-2-3-9(7-15)13(18)17-12-5-4-11(14)6-10(12)8-16/h4-6,9H,2-3H2,1H3,(H,17,18). The minimum atomic E-state index is -0.758. The summed E-state index contributed by atoms with van der Waals surface area (Å²) in [7, 11) is 0. The maximum atomic E-state index is 12.9. The lowest BCUT2D eigenvalue weighted by Crippen LogP contribution is -2.22. The van der Waals surface area contributed by atoms with Crippen molar-refractivity contribution in [3.8, 4) is 12.1 Å². The highest BCUT2D eigenvalue weighted by Gasteiger charge is 2.18. The zero-order valence-corrected chi connectivity index (χ0v) is 9.90. The van der Waals surface area contributed by atoms with Gasteiger partial charge in [-0.25, -0.2) is 4.39 Å². The van der Waals surface area contributed by atoms with Gasteiger partial charge in [0.2, 0.25) is 5.91 Å². The number of halogens is 1. The largest absolute Gasteiger partial charge is 0.324 e. The highest BCUT2D eigenvalue weighted by Crippen LogP contribution is 2.17. The molecule has 92 valence electrons. The van der Waals surface area contributed by atoms with Crippen molar-refractivity contribution < 1.29 is 9.18 Å². The summed E-state index contributed by atoms with van der Waals surface area (Å²) in [6, 6.07) is 7.20. The van der Waals surface area contributed by atoms with Crippen molar-refractivity contribution in [2.75, 3.05) is 5.32 Å². The van der Waals surface area contributed by atoms with Gasteiger partial charge in [-0.15, -0.1) is 0 Å². The van der Waals surface area contributed by atoms with E-state index in [2.05, 4.69) is 5.32 Å². The van der Waals surface area contributed by atoms with Crippen LogP contribution in [0.25, 0.3) is 0 Å². The first kappa shape index (κ1) is 13.7. The van der Waals surface area contributed by atoms with Gasteiger partial charge < -0.3 is 5.32 Å².